The van der Waals surface area contributed by atoms with Gasteiger partial charge in [0, 0.05) is 36.8 Å². The monoisotopic (exact) mass is 391 g/mol. The van der Waals surface area contributed by atoms with Crippen molar-refractivity contribution in [3.8, 4) is 11.1 Å². The zero-order valence-electron chi connectivity index (χ0n) is 17.1. The van der Waals surface area contributed by atoms with E-state index in [2.05, 4.69) is 49.8 Å². The molecule has 1 aliphatic carbocycles. The Morgan fingerprint density at radius 2 is 2.07 bits per heavy atom. The fraction of sp³-hybridized carbons (Fsp3) is 0.522. The van der Waals surface area contributed by atoms with E-state index in [0.717, 1.165) is 54.5 Å². The van der Waals surface area contributed by atoms with E-state index < -0.39 is 0 Å². The number of benzene rings is 1. The van der Waals surface area contributed by atoms with Crippen molar-refractivity contribution in [2.75, 3.05) is 6.54 Å². The summed E-state index contributed by atoms with van der Waals surface area (Å²) in [4.78, 5) is 19.8. The van der Waals surface area contributed by atoms with Crippen LogP contribution < -0.4 is 0 Å². The molecule has 29 heavy (non-hydrogen) atoms. The summed E-state index contributed by atoms with van der Waals surface area (Å²) < 4.78 is 2.25. The molecular formula is C23H29N5O. The summed E-state index contributed by atoms with van der Waals surface area (Å²) in [5, 5.41) is 6.89. The van der Waals surface area contributed by atoms with Crippen LogP contribution in [0.3, 0.4) is 0 Å². The molecule has 2 atom stereocenters. The van der Waals surface area contributed by atoms with Crippen LogP contribution in [0.15, 0.2) is 36.9 Å². The van der Waals surface area contributed by atoms with Crippen molar-refractivity contribution >= 4 is 16.9 Å². The number of rotatable bonds is 4. The van der Waals surface area contributed by atoms with Crippen LogP contribution in [0, 0.1) is 11.8 Å². The van der Waals surface area contributed by atoms with Gasteiger partial charge in [0.25, 0.3) is 0 Å². The number of aromatic nitrogens is 4. The van der Waals surface area contributed by atoms with Crippen LogP contribution in [-0.4, -0.2) is 43.1 Å². The average molecular weight is 392 g/mol. The van der Waals surface area contributed by atoms with E-state index in [4.69, 9.17) is 0 Å². The maximum absolute atomic E-state index is 13.0. The minimum absolute atomic E-state index is 0.264. The van der Waals surface area contributed by atoms with Gasteiger partial charge in [-0.25, -0.2) is 4.98 Å². The second-order valence-corrected chi connectivity index (χ2v) is 8.86. The summed E-state index contributed by atoms with van der Waals surface area (Å²) in [6.45, 7) is 4.01. The van der Waals surface area contributed by atoms with Gasteiger partial charge in [-0.1, -0.05) is 25.3 Å². The van der Waals surface area contributed by atoms with Crippen molar-refractivity contribution in [1.29, 1.82) is 0 Å². The maximum atomic E-state index is 13.0. The molecule has 0 radical (unpaired) electrons. The molecule has 1 saturated heterocycles. The number of aromatic amines is 1. The van der Waals surface area contributed by atoms with Crippen LogP contribution in [0.1, 0.15) is 45.4 Å². The van der Waals surface area contributed by atoms with E-state index in [1.807, 2.05) is 18.7 Å². The number of carbonyl (C=O) groups is 1. The minimum atomic E-state index is 0.264. The van der Waals surface area contributed by atoms with Crippen LogP contribution in [0.25, 0.3) is 22.2 Å². The molecule has 1 aliphatic heterocycles. The highest BCUT2D eigenvalue weighted by Crippen LogP contribution is 2.32. The first kappa shape index (κ1) is 18.4. The highest BCUT2D eigenvalue weighted by atomic mass is 16.2. The topological polar surface area (TPSA) is 66.8 Å². The Balaban J connectivity index is 1.29. The zero-order chi connectivity index (χ0) is 19.8. The molecule has 1 aromatic carbocycles. The third kappa shape index (κ3) is 3.56. The van der Waals surface area contributed by atoms with Gasteiger partial charge in [0.1, 0.15) is 0 Å². The molecule has 152 valence electrons. The lowest BCUT2D eigenvalue weighted by Crippen LogP contribution is -2.39. The summed E-state index contributed by atoms with van der Waals surface area (Å²) in [6.07, 6.45) is 12.6. The van der Waals surface area contributed by atoms with Crippen molar-refractivity contribution in [1.82, 2.24) is 24.6 Å². The van der Waals surface area contributed by atoms with Gasteiger partial charge in [0.05, 0.1) is 23.6 Å². The molecule has 1 unspecified atom stereocenters. The van der Waals surface area contributed by atoms with E-state index in [0.29, 0.717) is 17.9 Å². The summed E-state index contributed by atoms with van der Waals surface area (Å²) in [5.74, 6) is 1.16. The summed E-state index contributed by atoms with van der Waals surface area (Å²) in [5.41, 5.74) is 4.35. The minimum Gasteiger partial charge on any atom is -0.339 e. The van der Waals surface area contributed by atoms with Gasteiger partial charge in [-0.15, -0.1) is 0 Å². The van der Waals surface area contributed by atoms with Crippen LogP contribution >= 0.6 is 0 Å². The maximum Gasteiger partial charge on any atom is 0.225 e. The standard InChI is InChI=1S/C23H29N5O/c1-16-9-17(14-28(16)23(29)18-5-3-2-4-6-18)13-27-15-24-21-10-19(7-8-22(21)27)20-11-25-26-12-20/h7-8,10-12,15-18H,2-6,9,13-14H2,1H3,(H,25,26)/t16-,17?/m0/s1. The summed E-state index contributed by atoms with van der Waals surface area (Å²) >= 11 is 0. The number of likely N-dealkylation sites (tertiary alicyclic amines) is 1. The van der Waals surface area contributed by atoms with Crippen LogP contribution in [0.4, 0.5) is 0 Å². The van der Waals surface area contributed by atoms with E-state index in [9.17, 15) is 4.79 Å². The van der Waals surface area contributed by atoms with Gasteiger partial charge in [-0.2, -0.15) is 5.10 Å². The van der Waals surface area contributed by atoms with Gasteiger partial charge < -0.3 is 9.47 Å². The van der Waals surface area contributed by atoms with Crippen LogP contribution in [0.5, 0.6) is 0 Å². The molecule has 5 rings (SSSR count). The second kappa shape index (κ2) is 7.65. The van der Waals surface area contributed by atoms with Crippen molar-refractivity contribution in [3.05, 3.63) is 36.9 Å². The lowest BCUT2D eigenvalue weighted by atomic mass is 9.88. The number of nitrogens with zero attached hydrogens (tertiary/aromatic N) is 4. The molecule has 1 N–H and O–H groups in total. The lowest BCUT2D eigenvalue weighted by molar-refractivity contribution is -0.137. The highest BCUT2D eigenvalue weighted by molar-refractivity contribution is 5.82. The first-order valence-corrected chi connectivity index (χ1v) is 10.9. The number of carbonyl (C=O) groups excluding carboxylic acids is 1. The summed E-state index contributed by atoms with van der Waals surface area (Å²) in [6, 6.07) is 6.74. The van der Waals surface area contributed by atoms with Gasteiger partial charge in [0.15, 0.2) is 0 Å². The molecule has 2 fully saturated rings. The van der Waals surface area contributed by atoms with Crippen molar-refractivity contribution in [2.45, 2.75) is 58.0 Å². The van der Waals surface area contributed by atoms with Gasteiger partial charge in [0.2, 0.25) is 5.91 Å². The molecule has 1 amide bonds. The Morgan fingerprint density at radius 1 is 1.21 bits per heavy atom. The first-order valence-electron chi connectivity index (χ1n) is 10.9. The molecule has 6 heteroatoms. The normalized spacial score (nSPS) is 23.1. The van der Waals surface area contributed by atoms with Crippen LogP contribution in [0.2, 0.25) is 0 Å². The fourth-order valence-electron chi connectivity index (χ4n) is 5.24. The molecule has 2 aromatic heterocycles. The molecule has 1 saturated carbocycles. The fourth-order valence-corrected chi connectivity index (χ4v) is 5.24. The van der Waals surface area contributed by atoms with Gasteiger partial charge >= 0.3 is 0 Å². The van der Waals surface area contributed by atoms with E-state index in [1.165, 1.54) is 19.3 Å². The quantitative estimate of drug-likeness (QED) is 0.723. The Morgan fingerprint density at radius 3 is 2.86 bits per heavy atom. The average Bonchev–Trinajstić information content (AvgIpc) is 3.49. The van der Waals surface area contributed by atoms with Gasteiger partial charge in [-0.05, 0) is 49.8 Å². The Bertz CT molecular complexity index is 986. The molecule has 0 spiro atoms. The number of hydrogen-bond acceptors (Lipinski definition) is 3. The van der Waals surface area contributed by atoms with E-state index in [1.54, 1.807) is 0 Å². The number of nitrogens with one attached hydrogen (secondary N) is 1. The lowest BCUT2D eigenvalue weighted by Gasteiger charge is -2.29. The largest absolute Gasteiger partial charge is 0.339 e. The second-order valence-electron chi connectivity index (χ2n) is 8.86. The SMILES string of the molecule is C[C@H]1CC(Cn2cnc3cc(-c4cn[nH]c4)ccc32)CN1C(=O)C1CCCCC1. The molecular weight excluding hydrogens is 362 g/mol. The van der Waals surface area contributed by atoms with Crippen molar-refractivity contribution in [3.63, 3.8) is 0 Å². The Labute approximate surface area is 171 Å². The number of amides is 1. The predicted molar refractivity (Wildman–Crippen MR) is 113 cm³/mol. The van der Waals surface area contributed by atoms with Crippen LogP contribution in [-0.2, 0) is 11.3 Å². The number of fused-ring (bicyclic) bond motifs is 1. The predicted octanol–water partition coefficient (Wildman–Crippen LogP) is 4.24. The van der Waals surface area contributed by atoms with E-state index in [-0.39, 0.29) is 5.92 Å². The number of H-pyrrole nitrogens is 1. The first-order chi connectivity index (χ1) is 14.2. The number of imidazole rings is 1. The summed E-state index contributed by atoms with van der Waals surface area (Å²) in [7, 11) is 0. The Hall–Kier alpha value is -2.63. The molecule has 3 heterocycles. The molecule has 6 nitrogen and oxygen atoms in total. The van der Waals surface area contributed by atoms with E-state index >= 15 is 0 Å². The van der Waals surface area contributed by atoms with Crippen molar-refractivity contribution in [2.24, 2.45) is 11.8 Å². The smallest absolute Gasteiger partial charge is 0.225 e. The number of hydrogen-bond donors (Lipinski definition) is 1. The zero-order valence-corrected chi connectivity index (χ0v) is 17.1. The third-order valence-corrected chi connectivity index (χ3v) is 6.81. The van der Waals surface area contributed by atoms with Gasteiger partial charge in [-0.3, -0.25) is 9.89 Å². The molecule has 3 aromatic rings. The third-order valence-electron chi connectivity index (χ3n) is 6.81. The molecule has 2 aliphatic rings. The highest BCUT2D eigenvalue weighted by Gasteiger charge is 2.36. The molecule has 0 bridgehead atoms. The Kier molecular flexibility index (Phi) is 4.86. The van der Waals surface area contributed by atoms with Crippen molar-refractivity contribution < 1.29 is 4.79 Å².